The van der Waals surface area contributed by atoms with Crippen molar-refractivity contribution in [3.8, 4) is 0 Å². The molecule has 3 aliphatic rings. The smallest absolute Gasteiger partial charge is 0.278 e. The first kappa shape index (κ1) is 12.9. The number of carbonyl (C=O) groups excluding carboxylic acids is 1. The van der Waals surface area contributed by atoms with E-state index < -0.39 is 5.82 Å². The Labute approximate surface area is 126 Å². The van der Waals surface area contributed by atoms with Gasteiger partial charge >= 0.3 is 0 Å². The first-order valence-electron chi connectivity index (χ1n) is 7.03. The molecule has 1 aromatic carbocycles. The zero-order valence-electron chi connectivity index (χ0n) is 11.6. The summed E-state index contributed by atoms with van der Waals surface area (Å²) in [6.45, 7) is 0. The third kappa shape index (κ3) is 1.86. The Morgan fingerprint density at radius 2 is 2.09 bits per heavy atom. The second-order valence-corrected chi connectivity index (χ2v) is 5.19. The first-order chi connectivity index (χ1) is 10.8. The summed E-state index contributed by atoms with van der Waals surface area (Å²) in [5, 5.41) is 0. The summed E-state index contributed by atoms with van der Waals surface area (Å²) in [4.78, 5) is 23.0. The van der Waals surface area contributed by atoms with Crippen LogP contribution in [0.2, 0.25) is 0 Å². The largest absolute Gasteiger partial charge is 0.279 e. The summed E-state index contributed by atoms with van der Waals surface area (Å²) in [6.07, 6.45) is 9.98. The molecule has 0 saturated heterocycles. The van der Waals surface area contributed by atoms with Gasteiger partial charge in [-0.15, -0.1) is 0 Å². The Bertz CT molecular complexity index is 817. The fourth-order valence-corrected chi connectivity index (χ4v) is 2.80. The zero-order chi connectivity index (χ0) is 15.1. The van der Waals surface area contributed by atoms with E-state index in [1.807, 2.05) is 24.3 Å². The zero-order valence-corrected chi connectivity index (χ0v) is 11.6. The molecular formula is C17H12FN3O. The van der Waals surface area contributed by atoms with Crippen molar-refractivity contribution in [2.45, 2.75) is 12.5 Å². The number of carbonyl (C=O) groups is 1. The topological polar surface area (TPSA) is 45.0 Å². The van der Waals surface area contributed by atoms with Crippen molar-refractivity contribution < 1.29 is 9.18 Å². The SMILES string of the molecule is O=C1C(c2ccccc2F)=NC2=CN=C3CC=CC=CC3N12. The normalized spacial score (nSPS) is 22.6. The minimum Gasteiger partial charge on any atom is -0.278 e. The summed E-state index contributed by atoms with van der Waals surface area (Å²) in [5.74, 6) is -0.280. The third-order valence-electron chi connectivity index (χ3n) is 3.86. The van der Waals surface area contributed by atoms with Gasteiger partial charge < -0.3 is 0 Å². The van der Waals surface area contributed by atoms with E-state index in [0.717, 1.165) is 5.71 Å². The molecule has 1 unspecified atom stereocenters. The minimum absolute atomic E-state index is 0.131. The van der Waals surface area contributed by atoms with Crippen LogP contribution in [0.15, 0.2) is 70.6 Å². The van der Waals surface area contributed by atoms with Gasteiger partial charge in [0.15, 0.2) is 5.82 Å². The molecule has 4 rings (SSSR count). The van der Waals surface area contributed by atoms with Gasteiger partial charge in [0.1, 0.15) is 11.5 Å². The van der Waals surface area contributed by atoms with E-state index in [9.17, 15) is 9.18 Å². The van der Waals surface area contributed by atoms with Crippen molar-refractivity contribution >= 4 is 17.3 Å². The van der Waals surface area contributed by atoms with Gasteiger partial charge in [0, 0.05) is 17.7 Å². The monoisotopic (exact) mass is 293 g/mol. The van der Waals surface area contributed by atoms with E-state index in [0.29, 0.717) is 12.2 Å². The second kappa shape index (κ2) is 4.87. The standard InChI is InChI=1S/C17H12FN3O/c18-12-7-5-4-6-11(12)16-17(22)21-14-9-3-1-2-8-13(14)19-10-15(21)20-16/h1-7,9-10,14H,8H2. The molecule has 5 heteroatoms. The summed E-state index contributed by atoms with van der Waals surface area (Å²) in [7, 11) is 0. The Balaban J connectivity index is 1.78. The Morgan fingerprint density at radius 3 is 2.95 bits per heavy atom. The van der Waals surface area contributed by atoms with Gasteiger partial charge in [0.05, 0.1) is 12.2 Å². The third-order valence-corrected chi connectivity index (χ3v) is 3.86. The number of rotatable bonds is 1. The molecule has 1 aliphatic carbocycles. The molecule has 0 radical (unpaired) electrons. The van der Waals surface area contributed by atoms with Gasteiger partial charge in [-0.1, -0.05) is 36.4 Å². The van der Waals surface area contributed by atoms with Crippen molar-refractivity contribution in [2.75, 3.05) is 0 Å². The van der Waals surface area contributed by atoms with Crippen LogP contribution < -0.4 is 0 Å². The second-order valence-electron chi connectivity index (χ2n) is 5.19. The lowest BCUT2D eigenvalue weighted by molar-refractivity contribution is -0.121. The number of hydrogen-bond donors (Lipinski definition) is 0. The number of fused-ring (bicyclic) bond motifs is 3. The van der Waals surface area contributed by atoms with Crippen LogP contribution in [0.1, 0.15) is 12.0 Å². The highest BCUT2D eigenvalue weighted by atomic mass is 19.1. The number of allylic oxidation sites excluding steroid dienone is 3. The molecule has 0 spiro atoms. The number of aliphatic imine (C=N–C) groups is 2. The summed E-state index contributed by atoms with van der Waals surface area (Å²) >= 11 is 0. The molecule has 2 heterocycles. The van der Waals surface area contributed by atoms with E-state index in [-0.39, 0.29) is 23.2 Å². The van der Waals surface area contributed by atoms with Gasteiger partial charge in [-0.05, 0) is 12.1 Å². The molecule has 108 valence electrons. The molecule has 0 N–H and O–H groups in total. The highest BCUT2D eigenvalue weighted by Crippen LogP contribution is 2.29. The van der Waals surface area contributed by atoms with Crippen LogP contribution in [0.25, 0.3) is 0 Å². The Kier molecular flexibility index (Phi) is 2.85. The fraction of sp³-hybridized carbons (Fsp3) is 0.118. The van der Waals surface area contributed by atoms with Crippen LogP contribution in [-0.2, 0) is 4.79 Å². The van der Waals surface area contributed by atoms with Crippen molar-refractivity contribution in [1.29, 1.82) is 0 Å². The molecule has 4 nitrogen and oxygen atoms in total. The molecule has 2 aliphatic heterocycles. The highest BCUT2D eigenvalue weighted by molar-refractivity contribution is 6.47. The maximum atomic E-state index is 14.0. The molecule has 1 aromatic rings. The predicted molar refractivity (Wildman–Crippen MR) is 82.0 cm³/mol. The van der Waals surface area contributed by atoms with Gasteiger partial charge in [-0.3, -0.25) is 14.7 Å². The lowest BCUT2D eigenvalue weighted by Crippen LogP contribution is -2.43. The first-order valence-corrected chi connectivity index (χ1v) is 7.03. The van der Waals surface area contributed by atoms with Crippen molar-refractivity contribution in [2.24, 2.45) is 9.98 Å². The van der Waals surface area contributed by atoms with E-state index >= 15 is 0 Å². The number of hydrogen-bond acceptors (Lipinski definition) is 3. The maximum absolute atomic E-state index is 14.0. The summed E-state index contributed by atoms with van der Waals surface area (Å²) in [6, 6.07) is 5.92. The maximum Gasteiger partial charge on any atom is 0.279 e. The van der Waals surface area contributed by atoms with Crippen molar-refractivity contribution in [3.05, 3.63) is 72.0 Å². The number of nitrogens with zero attached hydrogens (tertiary/aromatic N) is 3. The van der Waals surface area contributed by atoms with Gasteiger partial charge in [0.2, 0.25) is 0 Å². The van der Waals surface area contributed by atoms with Crippen LogP contribution in [0.3, 0.4) is 0 Å². The van der Waals surface area contributed by atoms with Crippen LogP contribution in [0.5, 0.6) is 0 Å². The van der Waals surface area contributed by atoms with E-state index in [1.54, 1.807) is 29.3 Å². The lowest BCUT2D eigenvalue weighted by Gasteiger charge is -2.28. The van der Waals surface area contributed by atoms with Gasteiger partial charge in [-0.2, -0.15) is 0 Å². The predicted octanol–water partition coefficient (Wildman–Crippen LogP) is 2.60. The summed E-state index contributed by atoms with van der Waals surface area (Å²) < 4.78 is 14.0. The molecule has 1 atom stereocenters. The van der Waals surface area contributed by atoms with E-state index in [2.05, 4.69) is 9.98 Å². The average Bonchev–Trinajstić information content (AvgIpc) is 2.72. The molecular weight excluding hydrogens is 281 g/mol. The van der Waals surface area contributed by atoms with Crippen LogP contribution >= 0.6 is 0 Å². The van der Waals surface area contributed by atoms with Gasteiger partial charge in [-0.25, -0.2) is 9.38 Å². The fourth-order valence-electron chi connectivity index (χ4n) is 2.80. The molecule has 0 bridgehead atoms. The Morgan fingerprint density at radius 1 is 1.23 bits per heavy atom. The molecule has 1 amide bonds. The molecule has 0 fully saturated rings. The quantitative estimate of drug-likeness (QED) is 0.785. The van der Waals surface area contributed by atoms with Crippen LogP contribution in [-0.4, -0.2) is 28.3 Å². The highest BCUT2D eigenvalue weighted by Gasteiger charge is 2.39. The molecule has 0 saturated carbocycles. The molecule has 0 aromatic heterocycles. The van der Waals surface area contributed by atoms with Crippen molar-refractivity contribution in [3.63, 3.8) is 0 Å². The lowest BCUT2D eigenvalue weighted by atomic mass is 10.0. The van der Waals surface area contributed by atoms with E-state index in [4.69, 9.17) is 0 Å². The average molecular weight is 293 g/mol. The molecule has 22 heavy (non-hydrogen) atoms. The van der Waals surface area contributed by atoms with Crippen LogP contribution in [0, 0.1) is 5.82 Å². The summed E-state index contributed by atoms with van der Waals surface area (Å²) in [5.41, 5.74) is 1.23. The number of benzene rings is 1. The van der Waals surface area contributed by atoms with Crippen molar-refractivity contribution in [1.82, 2.24) is 4.90 Å². The van der Waals surface area contributed by atoms with Crippen LogP contribution in [0.4, 0.5) is 4.39 Å². The Hall–Kier alpha value is -2.82. The number of amides is 1. The van der Waals surface area contributed by atoms with Gasteiger partial charge in [0.25, 0.3) is 5.91 Å². The van der Waals surface area contributed by atoms with E-state index in [1.165, 1.54) is 6.07 Å². The minimum atomic E-state index is -0.450. The number of halogens is 1.